The number of likely N-dealkylation sites (tertiary alicyclic amines) is 1. The number of carbonyl (C=O) groups is 2. The van der Waals surface area contributed by atoms with Gasteiger partial charge in [-0.25, -0.2) is 9.97 Å². The predicted molar refractivity (Wildman–Crippen MR) is 127 cm³/mol. The van der Waals surface area contributed by atoms with E-state index < -0.39 is 0 Å². The molecule has 1 N–H and O–H groups in total. The van der Waals surface area contributed by atoms with E-state index in [-0.39, 0.29) is 17.9 Å². The lowest BCUT2D eigenvalue weighted by molar-refractivity contribution is 0.0595. The number of aromatic nitrogens is 2. The molecule has 170 valence electrons. The molecule has 7 nitrogen and oxygen atoms in total. The average molecular weight is 445 g/mol. The van der Waals surface area contributed by atoms with Gasteiger partial charge in [0.05, 0.1) is 30.0 Å². The number of hydrogen-bond acceptors (Lipinski definition) is 5. The van der Waals surface area contributed by atoms with Crippen LogP contribution in [0.5, 0.6) is 5.75 Å². The summed E-state index contributed by atoms with van der Waals surface area (Å²) >= 11 is 0. The van der Waals surface area contributed by atoms with Crippen molar-refractivity contribution in [2.45, 2.75) is 39.2 Å². The van der Waals surface area contributed by atoms with Crippen LogP contribution in [0.3, 0.4) is 0 Å². The third kappa shape index (κ3) is 4.72. The zero-order valence-electron chi connectivity index (χ0n) is 19.2. The number of nitrogens with zero attached hydrogens (tertiary/aromatic N) is 3. The van der Waals surface area contributed by atoms with Gasteiger partial charge in [-0.2, -0.15) is 0 Å². The molecule has 0 bridgehead atoms. The molecule has 2 aromatic carbocycles. The Labute approximate surface area is 193 Å². The molecule has 7 heteroatoms. The van der Waals surface area contributed by atoms with Crippen molar-refractivity contribution < 1.29 is 14.3 Å². The zero-order chi connectivity index (χ0) is 23.4. The predicted octanol–water partition coefficient (Wildman–Crippen LogP) is 4.72. The van der Waals surface area contributed by atoms with Gasteiger partial charge in [0.25, 0.3) is 11.8 Å². The van der Waals surface area contributed by atoms with Gasteiger partial charge in [0.15, 0.2) is 5.82 Å². The standard InChI is InChI=1S/C26H28N4O3/c1-17-10-9-13-20(23(17)33-3)26(32)30-15-8-7-14-22(30)24-27-16-21(18(2)28-24)25(31)29-19-11-5-4-6-12-19/h4-6,9-13,16,22H,7-8,14-15H2,1-3H3,(H,29,31)/t22-/m0/s1. The highest BCUT2D eigenvalue weighted by Crippen LogP contribution is 2.33. The summed E-state index contributed by atoms with van der Waals surface area (Å²) in [5.74, 6) is 0.805. The molecule has 0 spiro atoms. The maximum Gasteiger partial charge on any atom is 0.259 e. The summed E-state index contributed by atoms with van der Waals surface area (Å²) in [6, 6.07) is 14.6. The molecule has 1 atom stereocenters. The molecular weight excluding hydrogens is 416 g/mol. The minimum atomic E-state index is -0.258. The van der Waals surface area contributed by atoms with Crippen LogP contribution in [-0.2, 0) is 0 Å². The summed E-state index contributed by atoms with van der Waals surface area (Å²) in [5.41, 5.74) is 3.16. The van der Waals surface area contributed by atoms with Crippen molar-refractivity contribution in [2.75, 3.05) is 19.0 Å². The first-order chi connectivity index (χ1) is 16.0. The average Bonchev–Trinajstić information content (AvgIpc) is 2.84. The Morgan fingerprint density at radius 2 is 1.82 bits per heavy atom. The highest BCUT2D eigenvalue weighted by Gasteiger charge is 2.32. The molecule has 1 fully saturated rings. The fourth-order valence-corrected chi connectivity index (χ4v) is 4.28. The van der Waals surface area contributed by atoms with Crippen LogP contribution in [0, 0.1) is 13.8 Å². The summed E-state index contributed by atoms with van der Waals surface area (Å²) in [5, 5.41) is 2.87. The van der Waals surface area contributed by atoms with Gasteiger partial charge in [-0.3, -0.25) is 9.59 Å². The second-order valence-electron chi connectivity index (χ2n) is 8.21. The van der Waals surface area contributed by atoms with Crippen molar-refractivity contribution in [3.05, 3.63) is 82.9 Å². The lowest BCUT2D eigenvalue weighted by atomic mass is 9.99. The van der Waals surface area contributed by atoms with E-state index in [2.05, 4.69) is 15.3 Å². The highest BCUT2D eigenvalue weighted by atomic mass is 16.5. The van der Waals surface area contributed by atoms with Crippen molar-refractivity contribution >= 4 is 17.5 Å². The summed E-state index contributed by atoms with van der Waals surface area (Å²) in [4.78, 5) is 37.2. The first kappa shape index (κ1) is 22.5. The SMILES string of the molecule is COc1c(C)cccc1C(=O)N1CCCC[C@H]1c1ncc(C(=O)Nc2ccccc2)c(C)n1. The molecule has 3 aromatic rings. The van der Waals surface area contributed by atoms with Gasteiger partial charge in [0, 0.05) is 18.4 Å². The second kappa shape index (κ2) is 9.81. The number of piperidine rings is 1. The number of benzene rings is 2. The largest absolute Gasteiger partial charge is 0.496 e. The zero-order valence-corrected chi connectivity index (χ0v) is 19.2. The van der Waals surface area contributed by atoms with Gasteiger partial charge >= 0.3 is 0 Å². The van der Waals surface area contributed by atoms with Gasteiger partial charge in [-0.05, 0) is 56.9 Å². The van der Waals surface area contributed by atoms with Gasteiger partial charge in [0.2, 0.25) is 0 Å². The number of carbonyl (C=O) groups excluding carboxylic acids is 2. The molecule has 0 unspecified atom stereocenters. The molecule has 0 aliphatic carbocycles. The summed E-state index contributed by atoms with van der Waals surface area (Å²) < 4.78 is 5.52. The molecule has 1 saturated heterocycles. The third-order valence-electron chi connectivity index (χ3n) is 5.98. The Hall–Kier alpha value is -3.74. The number of anilines is 1. The van der Waals surface area contributed by atoms with E-state index in [0.717, 1.165) is 24.8 Å². The Bertz CT molecular complexity index is 1160. The van der Waals surface area contributed by atoms with Crippen LogP contribution in [0.25, 0.3) is 0 Å². The molecule has 0 saturated carbocycles. The monoisotopic (exact) mass is 444 g/mol. The fraction of sp³-hybridized carbons (Fsp3) is 0.308. The molecular formula is C26H28N4O3. The van der Waals surface area contributed by atoms with Crippen LogP contribution < -0.4 is 10.1 Å². The number of hydrogen-bond donors (Lipinski definition) is 1. The van der Waals surface area contributed by atoms with Crippen molar-refractivity contribution in [3.8, 4) is 5.75 Å². The number of rotatable bonds is 5. The minimum Gasteiger partial charge on any atom is -0.496 e. The van der Waals surface area contributed by atoms with Gasteiger partial charge < -0.3 is 15.0 Å². The van der Waals surface area contributed by atoms with Crippen LogP contribution in [0.1, 0.15) is 63.1 Å². The number of aryl methyl sites for hydroxylation is 2. The number of amides is 2. The van der Waals surface area contributed by atoms with Crippen molar-refractivity contribution in [1.82, 2.24) is 14.9 Å². The van der Waals surface area contributed by atoms with Gasteiger partial charge in [-0.1, -0.05) is 30.3 Å². The Morgan fingerprint density at radius 1 is 1.03 bits per heavy atom. The van der Waals surface area contributed by atoms with E-state index >= 15 is 0 Å². The number of para-hydroxylation sites is 2. The second-order valence-corrected chi connectivity index (χ2v) is 8.21. The van der Waals surface area contributed by atoms with Crippen molar-refractivity contribution in [3.63, 3.8) is 0 Å². The van der Waals surface area contributed by atoms with E-state index in [4.69, 9.17) is 4.74 Å². The van der Waals surface area contributed by atoms with E-state index in [1.54, 1.807) is 26.3 Å². The topological polar surface area (TPSA) is 84.4 Å². The third-order valence-corrected chi connectivity index (χ3v) is 5.98. The molecule has 0 radical (unpaired) electrons. The smallest absolute Gasteiger partial charge is 0.259 e. The fourth-order valence-electron chi connectivity index (χ4n) is 4.28. The quantitative estimate of drug-likeness (QED) is 0.615. The van der Waals surface area contributed by atoms with Crippen LogP contribution >= 0.6 is 0 Å². The molecule has 33 heavy (non-hydrogen) atoms. The first-order valence-electron chi connectivity index (χ1n) is 11.1. The first-order valence-corrected chi connectivity index (χ1v) is 11.1. The molecule has 1 aliphatic heterocycles. The molecule has 1 aliphatic rings. The van der Waals surface area contributed by atoms with Crippen LogP contribution in [0.4, 0.5) is 5.69 Å². The van der Waals surface area contributed by atoms with Gasteiger partial charge in [0.1, 0.15) is 5.75 Å². The molecule has 2 amide bonds. The maximum atomic E-state index is 13.5. The lowest BCUT2D eigenvalue weighted by Crippen LogP contribution is -2.39. The van der Waals surface area contributed by atoms with Gasteiger partial charge in [-0.15, -0.1) is 0 Å². The van der Waals surface area contributed by atoms with E-state index in [0.29, 0.717) is 40.6 Å². The Morgan fingerprint density at radius 3 is 2.55 bits per heavy atom. The summed E-state index contributed by atoms with van der Waals surface area (Å²) in [6.45, 7) is 4.35. The number of methoxy groups -OCH3 is 1. The van der Waals surface area contributed by atoms with Crippen LogP contribution in [0.2, 0.25) is 0 Å². The normalized spacial score (nSPS) is 15.7. The lowest BCUT2D eigenvalue weighted by Gasteiger charge is -2.35. The van der Waals surface area contributed by atoms with E-state index in [1.807, 2.05) is 54.3 Å². The van der Waals surface area contributed by atoms with E-state index in [1.165, 1.54) is 0 Å². The van der Waals surface area contributed by atoms with Crippen LogP contribution in [-0.4, -0.2) is 40.3 Å². The van der Waals surface area contributed by atoms with E-state index in [9.17, 15) is 9.59 Å². The Balaban J connectivity index is 1.59. The number of nitrogens with one attached hydrogen (secondary N) is 1. The van der Waals surface area contributed by atoms with Crippen molar-refractivity contribution in [1.29, 1.82) is 0 Å². The summed E-state index contributed by atoms with van der Waals surface area (Å²) in [6.07, 6.45) is 4.24. The minimum absolute atomic E-state index is 0.0904. The summed E-state index contributed by atoms with van der Waals surface area (Å²) in [7, 11) is 1.58. The molecule has 2 heterocycles. The highest BCUT2D eigenvalue weighted by molar-refractivity contribution is 6.04. The van der Waals surface area contributed by atoms with Crippen molar-refractivity contribution in [2.24, 2.45) is 0 Å². The number of ether oxygens (including phenoxy) is 1. The van der Waals surface area contributed by atoms with Crippen LogP contribution in [0.15, 0.2) is 54.7 Å². The maximum absolute atomic E-state index is 13.5. The molecule has 4 rings (SSSR count). The Kier molecular flexibility index (Phi) is 6.68. The molecule has 1 aromatic heterocycles.